The minimum Gasteiger partial charge on any atom is -0.374 e. The summed E-state index contributed by atoms with van der Waals surface area (Å²) in [5.74, 6) is -0.895. The van der Waals surface area contributed by atoms with Crippen LogP contribution in [0, 0.1) is 0 Å². The predicted octanol–water partition coefficient (Wildman–Crippen LogP) is -0.372. The van der Waals surface area contributed by atoms with Crippen LogP contribution in [0.5, 0.6) is 0 Å². The molecule has 0 bridgehead atoms. The lowest BCUT2D eigenvalue weighted by Crippen LogP contribution is -2.43. The van der Waals surface area contributed by atoms with Crippen molar-refractivity contribution in [2.75, 3.05) is 12.3 Å². The van der Waals surface area contributed by atoms with E-state index in [9.17, 15) is 14.4 Å². The number of hydrogen-bond donors (Lipinski definition) is 3. The number of hydrogen-bond acceptors (Lipinski definition) is 7. The smallest absolute Gasteiger partial charge is 0.325 e. The first-order chi connectivity index (χ1) is 9.70. The molecule has 4 amide bonds. The van der Waals surface area contributed by atoms with Gasteiger partial charge in [0.25, 0.3) is 5.91 Å². The van der Waals surface area contributed by atoms with Crippen molar-refractivity contribution in [2.45, 2.75) is 32.4 Å². The van der Waals surface area contributed by atoms with Gasteiger partial charge in [-0.3, -0.25) is 14.5 Å². The number of anilines is 1. The number of nitrogens with two attached hydrogens (primary N) is 1. The quantitative estimate of drug-likeness (QED) is 0.650. The van der Waals surface area contributed by atoms with Gasteiger partial charge in [-0.25, -0.2) is 4.79 Å². The fraction of sp³-hybridized carbons (Fsp3) is 0.545. The van der Waals surface area contributed by atoms with Crippen molar-refractivity contribution in [2.24, 2.45) is 0 Å². The fourth-order valence-corrected chi connectivity index (χ4v) is 2.49. The van der Waals surface area contributed by atoms with E-state index >= 15 is 0 Å². The third-order valence-electron chi connectivity index (χ3n) is 2.95. The SMILES string of the molecule is C[C@@H](NC(=O)CN1C(=O)NC(C)(C)C1=O)c1nnc(N)s1. The van der Waals surface area contributed by atoms with Crippen LogP contribution in [0.3, 0.4) is 0 Å². The molecule has 0 aliphatic carbocycles. The Hall–Kier alpha value is -2.23. The third kappa shape index (κ3) is 3.10. The number of aromatic nitrogens is 2. The lowest BCUT2D eigenvalue weighted by Gasteiger charge is -2.17. The molecule has 0 saturated carbocycles. The Morgan fingerprint density at radius 3 is 2.62 bits per heavy atom. The number of imide groups is 1. The highest BCUT2D eigenvalue weighted by molar-refractivity contribution is 7.15. The molecule has 1 fully saturated rings. The third-order valence-corrected chi connectivity index (χ3v) is 3.89. The Morgan fingerprint density at radius 2 is 2.14 bits per heavy atom. The summed E-state index contributed by atoms with van der Waals surface area (Å²) >= 11 is 1.16. The van der Waals surface area contributed by atoms with Crippen molar-refractivity contribution in [3.8, 4) is 0 Å². The van der Waals surface area contributed by atoms with Gasteiger partial charge in [0.05, 0.1) is 6.04 Å². The minimum atomic E-state index is -0.989. The minimum absolute atomic E-state index is 0.307. The molecule has 0 radical (unpaired) electrons. The summed E-state index contributed by atoms with van der Waals surface area (Å²) in [6, 6.07) is -0.978. The van der Waals surface area contributed by atoms with Crippen LogP contribution in [-0.2, 0) is 9.59 Å². The van der Waals surface area contributed by atoms with E-state index < -0.39 is 29.4 Å². The molecular formula is C11H16N6O3S. The highest BCUT2D eigenvalue weighted by Gasteiger charge is 2.44. The molecule has 2 rings (SSSR count). The van der Waals surface area contributed by atoms with Gasteiger partial charge >= 0.3 is 6.03 Å². The van der Waals surface area contributed by atoms with Gasteiger partial charge in [-0.05, 0) is 20.8 Å². The molecule has 0 spiro atoms. The zero-order valence-corrected chi connectivity index (χ0v) is 12.7. The summed E-state index contributed by atoms with van der Waals surface area (Å²) in [7, 11) is 0. The summed E-state index contributed by atoms with van der Waals surface area (Å²) in [5.41, 5.74) is 4.48. The molecule has 1 atom stereocenters. The molecule has 21 heavy (non-hydrogen) atoms. The van der Waals surface area contributed by atoms with Crippen LogP contribution in [0.2, 0.25) is 0 Å². The van der Waals surface area contributed by atoms with E-state index in [0.29, 0.717) is 10.1 Å². The van der Waals surface area contributed by atoms with Crippen LogP contribution in [-0.4, -0.2) is 45.0 Å². The van der Waals surface area contributed by atoms with Gasteiger partial charge in [-0.1, -0.05) is 11.3 Å². The number of nitrogen functional groups attached to an aromatic ring is 1. The van der Waals surface area contributed by atoms with Gasteiger partial charge in [0.1, 0.15) is 17.1 Å². The number of carbonyl (C=O) groups is 3. The monoisotopic (exact) mass is 312 g/mol. The lowest BCUT2D eigenvalue weighted by molar-refractivity contribution is -0.134. The zero-order chi connectivity index (χ0) is 15.8. The molecule has 114 valence electrons. The highest BCUT2D eigenvalue weighted by atomic mass is 32.1. The van der Waals surface area contributed by atoms with Gasteiger partial charge in [0.2, 0.25) is 11.0 Å². The summed E-state index contributed by atoms with van der Waals surface area (Å²) in [5, 5.41) is 13.5. The van der Waals surface area contributed by atoms with Gasteiger partial charge in [-0.2, -0.15) is 0 Å². The van der Waals surface area contributed by atoms with Gasteiger partial charge in [0, 0.05) is 0 Å². The maximum atomic E-state index is 12.0. The lowest BCUT2D eigenvalue weighted by atomic mass is 10.1. The van der Waals surface area contributed by atoms with Crippen LogP contribution >= 0.6 is 11.3 Å². The summed E-state index contributed by atoms with van der Waals surface area (Å²) in [6.45, 7) is 4.54. The molecular weight excluding hydrogens is 296 g/mol. The highest BCUT2D eigenvalue weighted by Crippen LogP contribution is 2.19. The number of carbonyl (C=O) groups excluding carboxylic acids is 3. The average Bonchev–Trinajstić information content (AvgIpc) is 2.87. The Labute approximate surface area is 124 Å². The average molecular weight is 312 g/mol. The van der Waals surface area contributed by atoms with E-state index in [1.165, 1.54) is 0 Å². The molecule has 0 aromatic carbocycles. The maximum Gasteiger partial charge on any atom is 0.325 e. The first-order valence-corrected chi connectivity index (χ1v) is 7.04. The van der Waals surface area contributed by atoms with Crippen LogP contribution in [0.15, 0.2) is 0 Å². The van der Waals surface area contributed by atoms with Crippen LogP contribution in [0.4, 0.5) is 9.93 Å². The Bertz CT molecular complexity index is 599. The van der Waals surface area contributed by atoms with E-state index in [0.717, 1.165) is 16.2 Å². The zero-order valence-electron chi connectivity index (χ0n) is 11.8. The standard InChI is InChI=1S/C11H16N6O3S/c1-5(7-15-16-9(12)21-7)13-6(18)4-17-8(19)11(2,3)14-10(17)20/h5H,4H2,1-3H3,(H2,12,16)(H,13,18)(H,14,20)/t5-/m1/s1. The number of amides is 4. The summed E-state index contributed by atoms with van der Waals surface area (Å²) in [4.78, 5) is 36.4. The number of nitrogens with zero attached hydrogens (tertiary/aromatic N) is 3. The predicted molar refractivity (Wildman–Crippen MR) is 75.2 cm³/mol. The van der Waals surface area contributed by atoms with Gasteiger partial charge < -0.3 is 16.4 Å². The van der Waals surface area contributed by atoms with Crippen molar-refractivity contribution in [3.05, 3.63) is 5.01 Å². The molecule has 1 aliphatic heterocycles. The van der Waals surface area contributed by atoms with Gasteiger partial charge in [0.15, 0.2) is 0 Å². The van der Waals surface area contributed by atoms with Crippen molar-refractivity contribution in [1.82, 2.24) is 25.7 Å². The Kier molecular flexibility index (Phi) is 3.81. The number of nitrogens with one attached hydrogen (secondary N) is 2. The first-order valence-electron chi connectivity index (χ1n) is 6.23. The van der Waals surface area contributed by atoms with Crippen molar-refractivity contribution in [1.29, 1.82) is 0 Å². The topological polar surface area (TPSA) is 130 Å². The Morgan fingerprint density at radius 1 is 1.48 bits per heavy atom. The van der Waals surface area contributed by atoms with E-state index in [1.54, 1.807) is 20.8 Å². The molecule has 1 aromatic rings. The maximum absolute atomic E-state index is 12.0. The van der Waals surface area contributed by atoms with E-state index in [1.807, 2.05) is 0 Å². The molecule has 1 aliphatic rings. The molecule has 9 nitrogen and oxygen atoms in total. The molecule has 4 N–H and O–H groups in total. The van der Waals surface area contributed by atoms with Crippen molar-refractivity contribution >= 4 is 34.3 Å². The van der Waals surface area contributed by atoms with Crippen LogP contribution < -0.4 is 16.4 Å². The normalized spacial score (nSPS) is 18.5. The van der Waals surface area contributed by atoms with E-state index in [-0.39, 0.29) is 6.54 Å². The van der Waals surface area contributed by atoms with E-state index in [4.69, 9.17) is 5.73 Å². The second kappa shape index (κ2) is 5.28. The second-order valence-corrected chi connectivity index (χ2v) is 6.25. The van der Waals surface area contributed by atoms with E-state index in [2.05, 4.69) is 20.8 Å². The van der Waals surface area contributed by atoms with Crippen LogP contribution in [0.1, 0.15) is 31.8 Å². The largest absolute Gasteiger partial charge is 0.374 e. The van der Waals surface area contributed by atoms with Crippen LogP contribution in [0.25, 0.3) is 0 Å². The summed E-state index contributed by atoms with van der Waals surface area (Å²) < 4.78 is 0. The molecule has 1 aromatic heterocycles. The van der Waals surface area contributed by atoms with Crippen molar-refractivity contribution in [3.63, 3.8) is 0 Å². The second-order valence-electron chi connectivity index (χ2n) is 5.21. The first kappa shape index (κ1) is 15.2. The molecule has 10 heteroatoms. The fourth-order valence-electron chi connectivity index (χ4n) is 1.88. The van der Waals surface area contributed by atoms with Crippen molar-refractivity contribution < 1.29 is 14.4 Å². The Balaban J connectivity index is 1.96. The molecule has 0 unspecified atom stereocenters. The molecule has 2 heterocycles. The summed E-state index contributed by atoms with van der Waals surface area (Å²) in [6.07, 6.45) is 0. The number of urea groups is 1. The molecule has 1 saturated heterocycles. The number of rotatable bonds is 4. The van der Waals surface area contributed by atoms with Gasteiger partial charge in [-0.15, -0.1) is 10.2 Å².